The third kappa shape index (κ3) is 3.94. The molecule has 0 amide bonds. The molecule has 0 aliphatic carbocycles. The molecule has 118 valence electrons. The molecule has 0 spiro atoms. The van der Waals surface area contributed by atoms with Crippen molar-refractivity contribution >= 4 is 0 Å². The van der Waals surface area contributed by atoms with Gasteiger partial charge in [-0.05, 0) is 29.8 Å². The number of aliphatic hydroxyl groups excluding tert-OH is 1. The first-order valence-electron chi connectivity index (χ1n) is 7.60. The van der Waals surface area contributed by atoms with Crippen molar-refractivity contribution in [1.29, 1.82) is 0 Å². The lowest BCUT2D eigenvalue weighted by Crippen LogP contribution is -2.45. The van der Waals surface area contributed by atoms with E-state index in [0.29, 0.717) is 5.76 Å². The lowest BCUT2D eigenvalue weighted by Gasteiger charge is -2.34. The van der Waals surface area contributed by atoms with Crippen LogP contribution in [-0.2, 0) is 19.7 Å². The van der Waals surface area contributed by atoms with Crippen molar-refractivity contribution in [2.45, 2.75) is 19.7 Å². The summed E-state index contributed by atoms with van der Waals surface area (Å²) in [6.07, 6.45) is 0. The molecule has 0 saturated carbocycles. The Balaban J connectivity index is 1.47. The Morgan fingerprint density at radius 2 is 1.64 bits per heavy atom. The van der Waals surface area contributed by atoms with Crippen LogP contribution in [0.1, 0.15) is 17.1 Å². The van der Waals surface area contributed by atoms with Crippen molar-refractivity contribution in [3.8, 4) is 0 Å². The van der Waals surface area contributed by atoms with E-state index in [-0.39, 0.29) is 12.4 Å². The Morgan fingerprint density at radius 3 is 2.27 bits per heavy atom. The first-order chi connectivity index (χ1) is 10.7. The highest BCUT2D eigenvalue weighted by atomic mass is 19.1. The van der Waals surface area contributed by atoms with E-state index in [1.165, 1.54) is 6.07 Å². The topological polar surface area (TPSA) is 39.9 Å². The fourth-order valence-electron chi connectivity index (χ4n) is 2.81. The smallest absolute Gasteiger partial charge is 0.129 e. The molecule has 1 aliphatic heterocycles. The largest absolute Gasteiger partial charge is 0.462 e. The number of rotatable bonds is 5. The quantitative estimate of drug-likeness (QED) is 0.919. The van der Waals surface area contributed by atoms with Gasteiger partial charge in [-0.15, -0.1) is 0 Å². The van der Waals surface area contributed by atoms with Crippen LogP contribution >= 0.6 is 0 Å². The van der Waals surface area contributed by atoms with Gasteiger partial charge in [0.25, 0.3) is 0 Å². The third-order valence-corrected chi connectivity index (χ3v) is 4.01. The highest BCUT2D eigenvalue weighted by molar-refractivity contribution is 5.16. The van der Waals surface area contributed by atoms with E-state index in [9.17, 15) is 4.39 Å². The van der Waals surface area contributed by atoms with Crippen LogP contribution in [0.5, 0.6) is 0 Å². The molecule has 4 nitrogen and oxygen atoms in total. The van der Waals surface area contributed by atoms with E-state index < -0.39 is 0 Å². The predicted octanol–water partition coefficient (Wildman–Crippen LogP) is 2.23. The number of hydrogen-bond acceptors (Lipinski definition) is 4. The van der Waals surface area contributed by atoms with E-state index in [4.69, 9.17) is 9.52 Å². The van der Waals surface area contributed by atoms with Crippen molar-refractivity contribution in [3.05, 3.63) is 59.3 Å². The van der Waals surface area contributed by atoms with Gasteiger partial charge < -0.3 is 9.52 Å². The standard InChI is InChI=1S/C17H21FN2O2/c18-15-3-1-2-14(10-15)11-19-6-8-20(9-7-19)12-16-4-5-17(13-21)22-16/h1-5,10,21H,6-9,11-13H2. The highest BCUT2D eigenvalue weighted by Crippen LogP contribution is 2.14. The number of halogens is 1. The second kappa shape index (κ2) is 7.05. The van der Waals surface area contributed by atoms with Gasteiger partial charge >= 0.3 is 0 Å². The highest BCUT2D eigenvalue weighted by Gasteiger charge is 2.18. The maximum atomic E-state index is 13.2. The lowest BCUT2D eigenvalue weighted by molar-refractivity contribution is 0.114. The summed E-state index contributed by atoms with van der Waals surface area (Å²) in [5.74, 6) is 1.33. The Kier molecular flexibility index (Phi) is 4.87. The maximum Gasteiger partial charge on any atom is 0.129 e. The summed E-state index contributed by atoms with van der Waals surface area (Å²) in [4.78, 5) is 4.68. The van der Waals surface area contributed by atoms with E-state index in [1.807, 2.05) is 18.2 Å². The molecule has 0 radical (unpaired) electrons. The average molecular weight is 304 g/mol. The molecule has 1 fully saturated rings. The molecule has 2 heterocycles. The Hall–Kier alpha value is -1.69. The molecule has 0 atom stereocenters. The van der Waals surface area contributed by atoms with Crippen LogP contribution < -0.4 is 0 Å². The van der Waals surface area contributed by atoms with Crippen LogP contribution in [0.2, 0.25) is 0 Å². The minimum atomic E-state index is -0.173. The summed E-state index contributed by atoms with van der Waals surface area (Å²) in [6, 6.07) is 10.5. The summed E-state index contributed by atoms with van der Waals surface area (Å²) in [5.41, 5.74) is 1.02. The van der Waals surface area contributed by atoms with Gasteiger partial charge in [-0.3, -0.25) is 9.80 Å². The van der Waals surface area contributed by atoms with Gasteiger partial charge in [-0.25, -0.2) is 4.39 Å². The minimum absolute atomic E-state index is 0.0542. The molecule has 0 unspecified atom stereocenters. The molecule has 5 heteroatoms. The van der Waals surface area contributed by atoms with Crippen LogP contribution in [0.3, 0.4) is 0 Å². The van der Waals surface area contributed by atoms with Gasteiger partial charge in [-0.1, -0.05) is 12.1 Å². The summed E-state index contributed by atoms with van der Waals surface area (Å²) in [5, 5.41) is 9.01. The lowest BCUT2D eigenvalue weighted by atomic mass is 10.2. The van der Waals surface area contributed by atoms with Gasteiger partial charge in [0.15, 0.2) is 0 Å². The number of piperazine rings is 1. The number of nitrogens with zero attached hydrogens (tertiary/aromatic N) is 2. The fraction of sp³-hybridized carbons (Fsp3) is 0.412. The zero-order chi connectivity index (χ0) is 15.4. The van der Waals surface area contributed by atoms with Gasteiger partial charge in [0.1, 0.15) is 23.9 Å². The van der Waals surface area contributed by atoms with Crippen LogP contribution in [0.25, 0.3) is 0 Å². The molecule has 0 bridgehead atoms. The molecule has 1 aromatic heterocycles. The van der Waals surface area contributed by atoms with Crippen LogP contribution in [0.15, 0.2) is 40.8 Å². The van der Waals surface area contributed by atoms with Crippen molar-refractivity contribution in [2.75, 3.05) is 26.2 Å². The average Bonchev–Trinajstić information content (AvgIpc) is 2.97. The fourth-order valence-corrected chi connectivity index (χ4v) is 2.81. The summed E-state index contributed by atoms with van der Waals surface area (Å²) < 4.78 is 18.7. The van der Waals surface area contributed by atoms with Gasteiger partial charge in [0, 0.05) is 32.7 Å². The van der Waals surface area contributed by atoms with Crippen LogP contribution in [0.4, 0.5) is 4.39 Å². The zero-order valence-corrected chi connectivity index (χ0v) is 12.5. The monoisotopic (exact) mass is 304 g/mol. The van der Waals surface area contributed by atoms with Gasteiger partial charge in [-0.2, -0.15) is 0 Å². The predicted molar refractivity (Wildman–Crippen MR) is 81.6 cm³/mol. The first-order valence-corrected chi connectivity index (χ1v) is 7.60. The third-order valence-electron chi connectivity index (χ3n) is 4.01. The van der Waals surface area contributed by atoms with E-state index in [0.717, 1.165) is 50.6 Å². The maximum absolute atomic E-state index is 13.2. The summed E-state index contributed by atoms with van der Waals surface area (Å²) in [6.45, 7) is 5.36. The van der Waals surface area contributed by atoms with E-state index in [2.05, 4.69) is 9.80 Å². The van der Waals surface area contributed by atoms with E-state index >= 15 is 0 Å². The Labute approximate surface area is 129 Å². The molecule has 1 saturated heterocycles. The number of aliphatic hydroxyl groups is 1. The molecular weight excluding hydrogens is 283 g/mol. The number of benzene rings is 1. The van der Waals surface area contributed by atoms with Crippen LogP contribution in [-0.4, -0.2) is 41.1 Å². The minimum Gasteiger partial charge on any atom is -0.462 e. The summed E-state index contributed by atoms with van der Waals surface area (Å²) >= 11 is 0. The second-order valence-electron chi connectivity index (χ2n) is 5.71. The molecule has 1 aliphatic rings. The van der Waals surface area contributed by atoms with Crippen molar-refractivity contribution in [3.63, 3.8) is 0 Å². The molecule has 1 aromatic carbocycles. The van der Waals surface area contributed by atoms with Crippen molar-refractivity contribution in [1.82, 2.24) is 9.80 Å². The molecular formula is C17H21FN2O2. The number of furan rings is 1. The second-order valence-corrected chi connectivity index (χ2v) is 5.71. The number of hydrogen-bond donors (Lipinski definition) is 1. The Morgan fingerprint density at radius 1 is 0.955 bits per heavy atom. The molecule has 3 rings (SSSR count). The molecule has 1 N–H and O–H groups in total. The van der Waals surface area contributed by atoms with Crippen molar-refractivity contribution in [2.24, 2.45) is 0 Å². The molecule has 2 aromatic rings. The zero-order valence-electron chi connectivity index (χ0n) is 12.5. The van der Waals surface area contributed by atoms with Gasteiger partial charge in [0.05, 0.1) is 6.54 Å². The van der Waals surface area contributed by atoms with Crippen LogP contribution in [0, 0.1) is 5.82 Å². The molecule has 22 heavy (non-hydrogen) atoms. The van der Waals surface area contributed by atoms with Crippen molar-refractivity contribution < 1.29 is 13.9 Å². The summed E-state index contributed by atoms with van der Waals surface area (Å²) in [7, 11) is 0. The van der Waals surface area contributed by atoms with E-state index in [1.54, 1.807) is 12.1 Å². The first kappa shape index (κ1) is 15.2. The van der Waals surface area contributed by atoms with Gasteiger partial charge in [0.2, 0.25) is 0 Å². The normalized spacial score (nSPS) is 17.0. The SMILES string of the molecule is OCc1ccc(CN2CCN(Cc3cccc(F)c3)CC2)o1. The Bertz CT molecular complexity index is 606.